The van der Waals surface area contributed by atoms with E-state index in [1.54, 1.807) is 4.90 Å². The van der Waals surface area contributed by atoms with Crippen LogP contribution in [0.5, 0.6) is 0 Å². The summed E-state index contributed by atoms with van der Waals surface area (Å²) in [7, 11) is 1.38. The summed E-state index contributed by atoms with van der Waals surface area (Å²) in [6, 6.07) is 8.68. The van der Waals surface area contributed by atoms with Gasteiger partial charge in [-0.05, 0) is 79.4 Å². The molecule has 1 amide bonds. The van der Waals surface area contributed by atoms with Crippen LogP contribution in [0.3, 0.4) is 0 Å². The Kier molecular flexibility index (Phi) is 3.67. The Morgan fingerprint density at radius 2 is 1.62 bits per heavy atom. The molecular formula is C22H27NO3. The zero-order chi connectivity index (χ0) is 17.9. The molecule has 4 nitrogen and oxygen atoms in total. The molecule has 5 aliphatic rings. The fraction of sp³-hybridized carbons (Fsp3) is 0.636. The highest BCUT2D eigenvalue weighted by atomic mass is 16.5. The number of anilines is 1. The second-order valence-electron chi connectivity index (χ2n) is 9.17. The van der Waals surface area contributed by atoms with E-state index in [9.17, 15) is 9.59 Å². The van der Waals surface area contributed by atoms with E-state index in [2.05, 4.69) is 24.3 Å². The average molecular weight is 353 g/mol. The summed E-state index contributed by atoms with van der Waals surface area (Å²) >= 11 is 0. The summed E-state index contributed by atoms with van der Waals surface area (Å²) < 4.78 is 4.81. The van der Waals surface area contributed by atoms with Crippen LogP contribution >= 0.6 is 0 Å². The van der Waals surface area contributed by atoms with E-state index in [4.69, 9.17) is 4.74 Å². The average Bonchev–Trinajstić information content (AvgIpc) is 3.02. The van der Waals surface area contributed by atoms with Crippen LogP contribution in [-0.2, 0) is 19.7 Å². The third-order valence-corrected chi connectivity index (χ3v) is 7.49. The number of ether oxygens (including phenoxy) is 1. The standard InChI is InChI=1S/C22H27NO3/c1-26-21(25)17-9-20(24)23(13-17)19-4-2-18(3-5-19)22-10-14-6-15(11-22)8-16(7-14)12-22/h2-5,14-17H,6-13H2,1H3/t14?,15?,16?,17-,22?/m0/s1. The Bertz CT molecular complexity index is 703. The normalized spacial score (nSPS) is 38.0. The van der Waals surface area contributed by atoms with Crippen molar-refractivity contribution in [2.75, 3.05) is 18.6 Å². The second-order valence-corrected chi connectivity index (χ2v) is 9.17. The van der Waals surface area contributed by atoms with E-state index in [1.807, 2.05) is 0 Å². The van der Waals surface area contributed by atoms with Crippen LogP contribution in [0.4, 0.5) is 5.69 Å². The molecule has 1 aromatic carbocycles. The van der Waals surface area contributed by atoms with Gasteiger partial charge in [0.25, 0.3) is 0 Å². The Morgan fingerprint density at radius 1 is 1.04 bits per heavy atom. The Balaban J connectivity index is 1.37. The maximum absolute atomic E-state index is 12.3. The molecule has 0 N–H and O–H groups in total. The molecule has 5 fully saturated rings. The zero-order valence-corrected chi connectivity index (χ0v) is 15.4. The first-order valence-electron chi connectivity index (χ1n) is 10.0. The smallest absolute Gasteiger partial charge is 0.311 e. The molecule has 1 heterocycles. The molecule has 6 rings (SSSR count). The van der Waals surface area contributed by atoms with Crippen molar-refractivity contribution < 1.29 is 14.3 Å². The molecule has 26 heavy (non-hydrogen) atoms. The van der Waals surface area contributed by atoms with Gasteiger partial charge in [-0.2, -0.15) is 0 Å². The number of carbonyl (C=O) groups excluding carboxylic acids is 2. The number of esters is 1. The maximum Gasteiger partial charge on any atom is 0.311 e. The summed E-state index contributed by atoms with van der Waals surface area (Å²) in [5.41, 5.74) is 2.77. The Labute approximate surface area is 154 Å². The number of methoxy groups -OCH3 is 1. The molecule has 4 bridgehead atoms. The van der Waals surface area contributed by atoms with Gasteiger partial charge < -0.3 is 9.64 Å². The van der Waals surface area contributed by atoms with Crippen LogP contribution in [0.25, 0.3) is 0 Å². The SMILES string of the molecule is COC(=O)[C@H]1CC(=O)N(c2ccc(C34CC5CC(CC(C5)C3)C4)cc2)C1. The molecular weight excluding hydrogens is 326 g/mol. The van der Waals surface area contributed by atoms with Crippen LogP contribution in [-0.4, -0.2) is 25.5 Å². The van der Waals surface area contributed by atoms with E-state index in [0.29, 0.717) is 12.0 Å². The van der Waals surface area contributed by atoms with Gasteiger partial charge in [0.05, 0.1) is 13.0 Å². The third kappa shape index (κ3) is 2.49. The highest BCUT2D eigenvalue weighted by Crippen LogP contribution is 2.60. The number of carbonyl (C=O) groups is 2. The molecule has 0 radical (unpaired) electrons. The highest BCUT2D eigenvalue weighted by molar-refractivity contribution is 5.99. The van der Waals surface area contributed by atoms with Gasteiger partial charge in [-0.15, -0.1) is 0 Å². The molecule has 0 aromatic heterocycles. The lowest BCUT2D eigenvalue weighted by Gasteiger charge is -2.57. The van der Waals surface area contributed by atoms with Crippen molar-refractivity contribution in [2.24, 2.45) is 23.7 Å². The van der Waals surface area contributed by atoms with Crippen LogP contribution in [0.1, 0.15) is 50.5 Å². The molecule has 1 saturated heterocycles. The molecule has 4 aliphatic carbocycles. The van der Waals surface area contributed by atoms with E-state index in [1.165, 1.54) is 51.2 Å². The molecule has 0 spiro atoms. The first-order chi connectivity index (χ1) is 12.6. The van der Waals surface area contributed by atoms with Crippen molar-refractivity contribution in [1.82, 2.24) is 0 Å². The van der Waals surface area contributed by atoms with E-state index in [0.717, 1.165) is 23.4 Å². The lowest BCUT2D eigenvalue weighted by molar-refractivity contribution is -0.145. The number of amides is 1. The monoisotopic (exact) mass is 353 g/mol. The van der Waals surface area contributed by atoms with E-state index >= 15 is 0 Å². The van der Waals surface area contributed by atoms with Gasteiger partial charge in [0, 0.05) is 18.7 Å². The second kappa shape index (κ2) is 5.83. The zero-order valence-electron chi connectivity index (χ0n) is 15.4. The predicted molar refractivity (Wildman–Crippen MR) is 98.8 cm³/mol. The number of rotatable bonds is 3. The summed E-state index contributed by atoms with van der Waals surface area (Å²) in [4.78, 5) is 25.8. The van der Waals surface area contributed by atoms with Crippen LogP contribution in [0.2, 0.25) is 0 Å². The first kappa shape index (κ1) is 16.3. The number of benzene rings is 1. The van der Waals surface area contributed by atoms with Crippen molar-refractivity contribution >= 4 is 17.6 Å². The van der Waals surface area contributed by atoms with E-state index < -0.39 is 0 Å². The van der Waals surface area contributed by atoms with Crippen LogP contribution in [0, 0.1) is 23.7 Å². The van der Waals surface area contributed by atoms with Crippen molar-refractivity contribution in [2.45, 2.75) is 50.4 Å². The summed E-state index contributed by atoms with van der Waals surface area (Å²) in [5.74, 6) is 2.19. The van der Waals surface area contributed by atoms with Crippen LogP contribution in [0.15, 0.2) is 24.3 Å². The fourth-order valence-corrected chi connectivity index (χ4v) is 6.74. The molecule has 1 aromatic rings. The van der Waals surface area contributed by atoms with Gasteiger partial charge in [-0.3, -0.25) is 9.59 Å². The van der Waals surface area contributed by atoms with Crippen molar-refractivity contribution in [3.63, 3.8) is 0 Å². The molecule has 1 aliphatic heterocycles. The number of hydrogen-bond donors (Lipinski definition) is 0. The van der Waals surface area contributed by atoms with Gasteiger partial charge in [-0.1, -0.05) is 12.1 Å². The van der Waals surface area contributed by atoms with E-state index in [-0.39, 0.29) is 24.2 Å². The predicted octanol–water partition coefficient (Wildman–Crippen LogP) is 3.68. The van der Waals surface area contributed by atoms with Gasteiger partial charge in [0.15, 0.2) is 0 Å². The van der Waals surface area contributed by atoms with Gasteiger partial charge in [-0.25, -0.2) is 0 Å². The molecule has 1 atom stereocenters. The minimum atomic E-state index is -0.338. The molecule has 138 valence electrons. The first-order valence-corrected chi connectivity index (χ1v) is 10.0. The third-order valence-electron chi connectivity index (χ3n) is 7.49. The lowest BCUT2D eigenvalue weighted by Crippen LogP contribution is -2.48. The minimum Gasteiger partial charge on any atom is -0.469 e. The largest absolute Gasteiger partial charge is 0.469 e. The lowest BCUT2D eigenvalue weighted by atomic mass is 9.48. The topological polar surface area (TPSA) is 46.6 Å². The van der Waals surface area contributed by atoms with Gasteiger partial charge >= 0.3 is 5.97 Å². The van der Waals surface area contributed by atoms with Gasteiger partial charge in [0.2, 0.25) is 5.91 Å². The highest BCUT2D eigenvalue weighted by Gasteiger charge is 2.51. The number of hydrogen-bond acceptors (Lipinski definition) is 3. The van der Waals surface area contributed by atoms with Crippen molar-refractivity contribution in [3.05, 3.63) is 29.8 Å². The summed E-state index contributed by atoms with van der Waals surface area (Å²) in [6.45, 7) is 0.433. The quantitative estimate of drug-likeness (QED) is 0.779. The number of nitrogens with zero attached hydrogens (tertiary/aromatic N) is 1. The summed E-state index contributed by atoms with van der Waals surface area (Å²) in [5, 5.41) is 0. The summed E-state index contributed by atoms with van der Waals surface area (Å²) in [6.07, 6.45) is 8.67. The fourth-order valence-electron chi connectivity index (χ4n) is 6.74. The van der Waals surface area contributed by atoms with Crippen LogP contribution < -0.4 is 4.90 Å². The molecule has 0 unspecified atom stereocenters. The van der Waals surface area contributed by atoms with Crippen molar-refractivity contribution in [1.29, 1.82) is 0 Å². The van der Waals surface area contributed by atoms with Crippen molar-refractivity contribution in [3.8, 4) is 0 Å². The molecule has 4 saturated carbocycles. The Hall–Kier alpha value is -1.84. The Morgan fingerprint density at radius 3 is 2.15 bits per heavy atom. The maximum atomic E-state index is 12.3. The minimum absolute atomic E-state index is 0.0166. The molecule has 4 heteroatoms. The van der Waals surface area contributed by atoms with Gasteiger partial charge in [0.1, 0.15) is 0 Å².